The van der Waals surface area contributed by atoms with Gasteiger partial charge in [0.25, 0.3) is 5.97 Å². The number of halogens is 3. The zero-order chi connectivity index (χ0) is 21.9. The van der Waals surface area contributed by atoms with Crippen LogP contribution in [0.5, 0.6) is 5.75 Å². The van der Waals surface area contributed by atoms with Crippen LogP contribution in [-0.4, -0.2) is 27.3 Å². The van der Waals surface area contributed by atoms with Crippen LogP contribution in [0.25, 0.3) is 11.0 Å². The second-order valence-electron chi connectivity index (χ2n) is 6.76. The number of aromatic hydroxyl groups is 1. The highest BCUT2D eigenvalue weighted by molar-refractivity contribution is 5.79. The lowest BCUT2D eigenvalue weighted by Gasteiger charge is -2.27. The first-order valence-electron chi connectivity index (χ1n) is 8.71. The Balaban J connectivity index is 0.000000687. The molecule has 1 heterocycles. The fourth-order valence-electron chi connectivity index (χ4n) is 3.41. The first kappa shape index (κ1) is 22.3. The smallest absolute Gasteiger partial charge is 0.449 e. The van der Waals surface area contributed by atoms with Gasteiger partial charge >= 0.3 is 12.1 Å². The molecule has 10 heteroatoms. The quantitative estimate of drug-likeness (QED) is 0.676. The summed E-state index contributed by atoms with van der Waals surface area (Å²) in [5, 5.41) is 25.8. The Morgan fingerprint density at radius 1 is 1.10 bits per heavy atom. The predicted molar refractivity (Wildman–Crippen MR) is 94.8 cm³/mol. The molecule has 0 unspecified atom stereocenters. The van der Waals surface area contributed by atoms with E-state index in [2.05, 4.69) is 0 Å². The van der Waals surface area contributed by atoms with Crippen LogP contribution in [0.1, 0.15) is 49.8 Å². The highest BCUT2D eigenvalue weighted by Gasteiger charge is 2.42. The minimum Gasteiger partial charge on any atom is -0.508 e. The van der Waals surface area contributed by atoms with E-state index >= 15 is 0 Å². The molecular weight excluding hydrogens is 397 g/mol. The fourth-order valence-corrected chi connectivity index (χ4v) is 3.41. The summed E-state index contributed by atoms with van der Waals surface area (Å²) in [5.41, 5.74) is -1.57. The summed E-state index contributed by atoms with van der Waals surface area (Å²) < 4.78 is 45.2. The van der Waals surface area contributed by atoms with E-state index in [0.29, 0.717) is 0 Å². The van der Waals surface area contributed by atoms with Gasteiger partial charge in [-0.2, -0.15) is 13.2 Å². The Morgan fingerprint density at radius 2 is 1.66 bits per heavy atom. The Morgan fingerprint density at radius 3 is 2.14 bits per heavy atom. The van der Waals surface area contributed by atoms with Crippen molar-refractivity contribution >= 4 is 22.9 Å². The average Bonchev–Trinajstić information content (AvgIpc) is 2.60. The van der Waals surface area contributed by atoms with Gasteiger partial charge in [-0.15, -0.1) is 0 Å². The second-order valence-corrected chi connectivity index (χ2v) is 6.76. The molecule has 0 amide bonds. The predicted octanol–water partition coefficient (Wildman–Crippen LogP) is 3.97. The Labute approximate surface area is 162 Å². The first-order chi connectivity index (χ1) is 13.4. The molecule has 1 aromatic carbocycles. The molecule has 3 rings (SSSR count). The van der Waals surface area contributed by atoms with Crippen LogP contribution in [0.3, 0.4) is 0 Å². The molecule has 158 valence electrons. The SMILES string of the molecule is CC(=O)O.O=C(O)C1CCC(c2c(C(F)(F)F)oc3cc(O)ccc3c2=O)CC1. The van der Waals surface area contributed by atoms with Gasteiger partial charge in [0.2, 0.25) is 5.76 Å². The highest BCUT2D eigenvalue weighted by Crippen LogP contribution is 2.41. The van der Waals surface area contributed by atoms with Crippen molar-refractivity contribution in [2.45, 2.75) is 44.7 Å². The standard InChI is InChI=1S/C17H15F3O5.C2H4O2/c18-17(19,20)15-13(8-1-3-9(4-2-8)16(23)24)14(22)11-6-5-10(21)7-12(11)25-15;1-2(3)4/h5-9,21H,1-4H2,(H,23,24);1H3,(H,3,4). The van der Waals surface area contributed by atoms with Crippen LogP contribution in [-0.2, 0) is 15.8 Å². The molecule has 3 N–H and O–H groups in total. The van der Waals surface area contributed by atoms with Crippen LogP contribution >= 0.6 is 0 Å². The lowest BCUT2D eigenvalue weighted by atomic mass is 9.78. The summed E-state index contributed by atoms with van der Waals surface area (Å²) in [5.74, 6) is -4.79. The molecule has 0 aliphatic heterocycles. The summed E-state index contributed by atoms with van der Waals surface area (Å²) in [6.45, 7) is 1.08. The number of hydrogen-bond donors (Lipinski definition) is 3. The van der Waals surface area contributed by atoms with Gasteiger partial charge in [0.15, 0.2) is 5.43 Å². The van der Waals surface area contributed by atoms with Crippen molar-refractivity contribution in [3.8, 4) is 5.75 Å². The number of carbonyl (C=O) groups is 2. The van der Waals surface area contributed by atoms with E-state index in [1.165, 1.54) is 12.1 Å². The van der Waals surface area contributed by atoms with Gasteiger partial charge in [0.05, 0.1) is 16.9 Å². The number of fused-ring (bicyclic) bond motifs is 1. The monoisotopic (exact) mass is 416 g/mol. The van der Waals surface area contributed by atoms with Gasteiger partial charge in [-0.05, 0) is 43.7 Å². The van der Waals surface area contributed by atoms with Gasteiger partial charge in [-0.25, -0.2) is 0 Å². The molecule has 0 bridgehead atoms. The summed E-state index contributed by atoms with van der Waals surface area (Å²) in [4.78, 5) is 32.7. The topological polar surface area (TPSA) is 125 Å². The zero-order valence-electron chi connectivity index (χ0n) is 15.3. The minimum atomic E-state index is -4.86. The molecule has 1 aromatic heterocycles. The van der Waals surface area contributed by atoms with Gasteiger partial charge in [-0.1, -0.05) is 0 Å². The number of hydrogen-bond acceptors (Lipinski definition) is 5. The number of rotatable bonds is 2. The highest BCUT2D eigenvalue weighted by atomic mass is 19.4. The molecule has 0 saturated heterocycles. The van der Waals surface area contributed by atoms with E-state index in [1.54, 1.807) is 0 Å². The fraction of sp³-hybridized carbons (Fsp3) is 0.421. The van der Waals surface area contributed by atoms with E-state index in [4.69, 9.17) is 19.4 Å². The second kappa shape index (κ2) is 8.54. The van der Waals surface area contributed by atoms with E-state index in [9.17, 15) is 27.9 Å². The third-order valence-corrected chi connectivity index (χ3v) is 4.65. The van der Waals surface area contributed by atoms with Gasteiger partial charge < -0.3 is 19.7 Å². The lowest BCUT2D eigenvalue weighted by molar-refractivity contribution is -0.154. The van der Waals surface area contributed by atoms with E-state index < -0.39 is 46.7 Å². The van der Waals surface area contributed by atoms with E-state index in [-0.39, 0.29) is 42.4 Å². The van der Waals surface area contributed by atoms with Crippen LogP contribution in [0.4, 0.5) is 13.2 Å². The molecule has 0 radical (unpaired) electrons. The summed E-state index contributed by atoms with van der Waals surface area (Å²) in [6.07, 6.45) is -4.09. The number of carboxylic acid groups (broad SMARTS) is 2. The van der Waals surface area contributed by atoms with Gasteiger partial charge in [0, 0.05) is 13.0 Å². The van der Waals surface area contributed by atoms with Crippen molar-refractivity contribution in [3.05, 3.63) is 39.7 Å². The van der Waals surface area contributed by atoms with E-state index in [0.717, 1.165) is 13.0 Å². The van der Waals surface area contributed by atoms with Crippen molar-refractivity contribution in [1.29, 1.82) is 0 Å². The summed E-state index contributed by atoms with van der Waals surface area (Å²) in [7, 11) is 0. The molecule has 1 fully saturated rings. The maximum Gasteiger partial charge on any atom is 0.449 e. The number of alkyl halides is 3. The Hall–Kier alpha value is -3.04. The molecule has 1 saturated carbocycles. The maximum atomic E-state index is 13.4. The molecule has 1 aliphatic rings. The van der Waals surface area contributed by atoms with Crippen LogP contribution in [0.2, 0.25) is 0 Å². The minimum absolute atomic E-state index is 0.0406. The number of aliphatic carboxylic acids is 2. The number of phenols is 1. The Kier molecular flexibility index (Phi) is 6.55. The van der Waals surface area contributed by atoms with Gasteiger partial charge in [0.1, 0.15) is 11.3 Å². The summed E-state index contributed by atoms with van der Waals surface area (Å²) in [6, 6.07) is 3.40. The molecule has 1 aliphatic carbocycles. The molecule has 2 aromatic rings. The average molecular weight is 416 g/mol. The largest absolute Gasteiger partial charge is 0.508 e. The number of carboxylic acids is 2. The molecule has 0 atom stereocenters. The van der Waals surface area contributed by atoms with Crippen molar-refractivity contribution < 1.29 is 42.5 Å². The van der Waals surface area contributed by atoms with Crippen molar-refractivity contribution in [2.24, 2.45) is 5.92 Å². The normalized spacial score (nSPS) is 19.3. The van der Waals surface area contributed by atoms with Crippen molar-refractivity contribution in [3.63, 3.8) is 0 Å². The zero-order valence-corrected chi connectivity index (χ0v) is 15.3. The summed E-state index contributed by atoms with van der Waals surface area (Å²) >= 11 is 0. The molecule has 7 nitrogen and oxygen atoms in total. The third-order valence-electron chi connectivity index (χ3n) is 4.65. The van der Waals surface area contributed by atoms with Gasteiger partial charge in [-0.3, -0.25) is 14.4 Å². The molecular formula is C19H19F3O7. The third kappa shape index (κ3) is 5.27. The van der Waals surface area contributed by atoms with Crippen LogP contribution in [0.15, 0.2) is 27.4 Å². The lowest BCUT2D eigenvalue weighted by Crippen LogP contribution is -2.26. The molecule has 29 heavy (non-hydrogen) atoms. The van der Waals surface area contributed by atoms with Crippen molar-refractivity contribution in [1.82, 2.24) is 0 Å². The van der Waals surface area contributed by atoms with E-state index in [1.807, 2.05) is 0 Å². The van der Waals surface area contributed by atoms with Crippen LogP contribution in [0, 0.1) is 5.92 Å². The Bertz CT molecular complexity index is 966. The van der Waals surface area contributed by atoms with Crippen molar-refractivity contribution in [2.75, 3.05) is 0 Å². The maximum absolute atomic E-state index is 13.4. The number of phenolic OH excluding ortho intramolecular Hbond substituents is 1. The van der Waals surface area contributed by atoms with Crippen LogP contribution < -0.4 is 5.43 Å². The first-order valence-corrected chi connectivity index (χ1v) is 8.71. The number of benzene rings is 1. The molecule has 0 spiro atoms.